The van der Waals surface area contributed by atoms with Crippen LogP contribution in [-0.2, 0) is 45.4 Å². The van der Waals surface area contributed by atoms with E-state index in [4.69, 9.17) is 18.9 Å². The van der Waals surface area contributed by atoms with Gasteiger partial charge in [0, 0.05) is 6.54 Å². The summed E-state index contributed by atoms with van der Waals surface area (Å²) in [6.07, 6.45) is -2.36. The number of carbonyl (C=O) groups excluding carboxylic acids is 1. The zero-order valence-corrected chi connectivity index (χ0v) is 23.7. The molecule has 0 aliphatic carbocycles. The predicted octanol–water partition coefficient (Wildman–Crippen LogP) is 6.05. The van der Waals surface area contributed by atoms with Crippen molar-refractivity contribution >= 4 is 6.09 Å². The van der Waals surface area contributed by atoms with E-state index in [2.05, 4.69) is 5.32 Å². The number of carbonyl (C=O) groups is 1. The first-order valence-electron chi connectivity index (χ1n) is 14.2. The van der Waals surface area contributed by atoms with Crippen LogP contribution >= 0.6 is 0 Å². The van der Waals surface area contributed by atoms with Gasteiger partial charge in [-0.05, 0) is 28.7 Å². The molecular weight excluding hydrogens is 530 g/mol. The van der Waals surface area contributed by atoms with Crippen molar-refractivity contribution in [3.63, 3.8) is 0 Å². The number of aliphatic hydroxyl groups is 1. The molecule has 0 fully saturated rings. The number of aliphatic hydroxyl groups excluding tert-OH is 1. The van der Waals surface area contributed by atoms with Gasteiger partial charge in [-0.2, -0.15) is 0 Å². The van der Waals surface area contributed by atoms with Gasteiger partial charge in [-0.3, -0.25) is 0 Å². The SMILES string of the molecule is O=C(NCC[C@@H](OCc1ccccc1)[C@@H](OCc1ccccc1)[C@H](O)COCc1ccccc1)OCc1ccccc1. The maximum atomic E-state index is 12.4. The Morgan fingerprint density at radius 3 is 1.60 bits per heavy atom. The van der Waals surface area contributed by atoms with Gasteiger partial charge in [0.15, 0.2) is 0 Å². The largest absolute Gasteiger partial charge is 0.445 e. The maximum absolute atomic E-state index is 12.4. The lowest BCUT2D eigenvalue weighted by Gasteiger charge is -2.31. The van der Waals surface area contributed by atoms with E-state index in [0.29, 0.717) is 26.2 Å². The first-order chi connectivity index (χ1) is 20.7. The number of nitrogens with one attached hydrogen (secondary N) is 1. The van der Waals surface area contributed by atoms with Gasteiger partial charge in [0.25, 0.3) is 0 Å². The third-order valence-corrected chi connectivity index (χ3v) is 6.65. The summed E-state index contributed by atoms with van der Waals surface area (Å²) in [7, 11) is 0. The average molecular weight is 570 g/mol. The molecule has 0 aromatic heterocycles. The molecule has 1 amide bonds. The minimum absolute atomic E-state index is 0.0616. The second kappa shape index (κ2) is 17.7. The Kier molecular flexibility index (Phi) is 13.1. The molecule has 7 heteroatoms. The van der Waals surface area contributed by atoms with E-state index in [1.807, 2.05) is 121 Å². The Morgan fingerprint density at radius 2 is 1.07 bits per heavy atom. The lowest BCUT2D eigenvalue weighted by molar-refractivity contribution is -0.148. The molecule has 0 saturated carbocycles. The smallest absolute Gasteiger partial charge is 0.407 e. The Morgan fingerprint density at radius 1 is 0.619 bits per heavy atom. The molecule has 0 radical (unpaired) electrons. The van der Waals surface area contributed by atoms with Gasteiger partial charge >= 0.3 is 6.09 Å². The summed E-state index contributed by atoms with van der Waals surface area (Å²) in [6, 6.07) is 38.9. The van der Waals surface area contributed by atoms with Crippen LogP contribution in [0.1, 0.15) is 28.7 Å². The van der Waals surface area contributed by atoms with Crippen molar-refractivity contribution in [1.29, 1.82) is 0 Å². The molecule has 0 spiro atoms. The maximum Gasteiger partial charge on any atom is 0.407 e. The molecule has 3 atom stereocenters. The van der Waals surface area contributed by atoms with Crippen LogP contribution in [0.4, 0.5) is 4.79 Å². The van der Waals surface area contributed by atoms with Crippen LogP contribution in [0.15, 0.2) is 121 Å². The summed E-state index contributed by atoms with van der Waals surface area (Å²) in [5.41, 5.74) is 3.89. The van der Waals surface area contributed by atoms with Crippen molar-refractivity contribution in [2.45, 2.75) is 51.2 Å². The van der Waals surface area contributed by atoms with Crippen LogP contribution in [0.5, 0.6) is 0 Å². The standard InChI is InChI=1S/C35H39NO6/c37-32(27-39-23-28-13-5-1-6-14-28)34(41-25-30-17-9-3-10-18-30)33(40-24-29-15-7-2-8-16-29)21-22-36-35(38)42-26-31-19-11-4-12-20-31/h1-20,32-34,37H,21-27H2,(H,36,38)/t32-,33-,34+/m1/s1. The molecule has 0 saturated heterocycles. The Balaban J connectivity index is 1.40. The van der Waals surface area contributed by atoms with Gasteiger partial charge in [0.1, 0.15) is 18.8 Å². The molecular formula is C35H39NO6. The summed E-state index contributed by atoms with van der Waals surface area (Å²) >= 11 is 0. The highest BCUT2D eigenvalue weighted by Gasteiger charge is 2.31. The molecule has 4 rings (SSSR count). The van der Waals surface area contributed by atoms with Gasteiger partial charge < -0.3 is 29.4 Å². The van der Waals surface area contributed by atoms with Crippen molar-refractivity contribution in [2.24, 2.45) is 0 Å². The molecule has 220 valence electrons. The molecule has 0 heterocycles. The highest BCUT2D eigenvalue weighted by Crippen LogP contribution is 2.18. The summed E-state index contributed by atoms with van der Waals surface area (Å²) in [5, 5.41) is 14.1. The van der Waals surface area contributed by atoms with E-state index in [-0.39, 0.29) is 19.8 Å². The normalized spacial score (nSPS) is 13.2. The van der Waals surface area contributed by atoms with Gasteiger partial charge in [-0.15, -0.1) is 0 Å². The van der Waals surface area contributed by atoms with Gasteiger partial charge in [-0.1, -0.05) is 121 Å². The fraction of sp³-hybridized carbons (Fsp3) is 0.286. The molecule has 2 N–H and O–H groups in total. The number of rotatable bonds is 17. The number of benzene rings is 4. The van der Waals surface area contributed by atoms with Crippen molar-refractivity contribution in [1.82, 2.24) is 5.32 Å². The van der Waals surface area contributed by atoms with Crippen molar-refractivity contribution in [3.8, 4) is 0 Å². The van der Waals surface area contributed by atoms with Crippen molar-refractivity contribution in [2.75, 3.05) is 13.2 Å². The third kappa shape index (κ3) is 11.1. The zero-order valence-electron chi connectivity index (χ0n) is 23.7. The Bertz CT molecular complexity index is 1270. The molecule has 0 bridgehead atoms. The van der Waals surface area contributed by atoms with E-state index >= 15 is 0 Å². The summed E-state index contributed by atoms with van der Waals surface area (Å²) in [6.45, 7) is 1.50. The van der Waals surface area contributed by atoms with Crippen molar-refractivity contribution < 1.29 is 28.8 Å². The fourth-order valence-corrected chi connectivity index (χ4v) is 4.41. The molecule has 0 unspecified atom stereocenters. The molecule has 0 aliphatic heterocycles. The van der Waals surface area contributed by atoms with Crippen LogP contribution in [0.25, 0.3) is 0 Å². The number of hydrogen-bond donors (Lipinski definition) is 2. The highest BCUT2D eigenvalue weighted by atomic mass is 16.6. The summed E-state index contributed by atoms with van der Waals surface area (Å²) in [4.78, 5) is 12.4. The second-order valence-electron chi connectivity index (χ2n) is 9.94. The fourth-order valence-electron chi connectivity index (χ4n) is 4.41. The van der Waals surface area contributed by atoms with Crippen LogP contribution in [0, 0.1) is 0 Å². The topological polar surface area (TPSA) is 86.3 Å². The third-order valence-electron chi connectivity index (χ3n) is 6.65. The lowest BCUT2D eigenvalue weighted by Crippen LogP contribution is -2.45. The van der Waals surface area contributed by atoms with Crippen LogP contribution in [0.3, 0.4) is 0 Å². The molecule has 42 heavy (non-hydrogen) atoms. The Labute approximate surface area is 248 Å². The number of amides is 1. The van der Waals surface area contributed by atoms with E-state index < -0.39 is 24.4 Å². The average Bonchev–Trinajstić information content (AvgIpc) is 3.04. The second-order valence-corrected chi connectivity index (χ2v) is 9.94. The predicted molar refractivity (Wildman–Crippen MR) is 161 cm³/mol. The van der Waals surface area contributed by atoms with Gasteiger partial charge in [0.2, 0.25) is 0 Å². The van der Waals surface area contributed by atoms with E-state index in [1.54, 1.807) is 0 Å². The van der Waals surface area contributed by atoms with E-state index in [1.165, 1.54) is 0 Å². The number of ether oxygens (including phenoxy) is 4. The molecule has 4 aromatic carbocycles. The van der Waals surface area contributed by atoms with E-state index in [9.17, 15) is 9.90 Å². The number of hydrogen-bond acceptors (Lipinski definition) is 6. The minimum atomic E-state index is -0.969. The first kappa shape index (κ1) is 30.9. The van der Waals surface area contributed by atoms with Gasteiger partial charge in [-0.25, -0.2) is 4.79 Å². The van der Waals surface area contributed by atoms with E-state index in [0.717, 1.165) is 22.3 Å². The molecule has 7 nitrogen and oxygen atoms in total. The number of alkyl carbamates (subject to hydrolysis) is 1. The van der Waals surface area contributed by atoms with Crippen LogP contribution in [0.2, 0.25) is 0 Å². The van der Waals surface area contributed by atoms with Crippen LogP contribution in [-0.4, -0.2) is 42.7 Å². The summed E-state index contributed by atoms with van der Waals surface area (Å²) in [5.74, 6) is 0. The monoisotopic (exact) mass is 569 g/mol. The van der Waals surface area contributed by atoms with Gasteiger partial charge in [0.05, 0.1) is 32.5 Å². The summed E-state index contributed by atoms with van der Waals surface area (Å²) < 4.78 is 23.9. The van der Waals surface area contributed by atoms with Crippen LogP contribution < -0.4 is 5.32 Å². The molecule has 0 aliphatic rings. The highest BCUT2D eigenvalue weighted by molar-refractivity contribution is 5.67. The quantitative estimate of drug-likeness (QED) is 0.161. The molecule has 4 aromatic rings. The van der Waals surface area contributed by atoms with Crippen molar-refractivity contribution in [3.05, 3.63) is 144 Å². The lowest BCUT2D eigenvalue weighted by atomic mass is 10.0. The Hall–Kier alpha value is -4.01. The zero-order chi connectivity index (χ0) is 29.2. The minimum Gasteiger partial charge on any atom is -0.445 e. The first-order valence-corrected chi connectivity index (χ1v) is 14.2.